The number of H-pyrrole nitrogens is 1. The summed E-state index contributed by atoms with van der Waals surface area (Å²) in [5, 5.41) is 5.60. The number of urea groups is 1. The predicted molar refractivity (Wildman–Crippen MR) is 89.2 cm³/mol. The first-order valence-electron chi connectivity index (χ1n) is 7.54. The summed E-state index contributed by atoms with van der Waals surface area (Å²) >= 11 is 0. The molecule has 1 aromatic heterocycles. The first-order valence-corrected chi connectivity index (χ1v) is 7.54. The molecule has 22 heavy (non-hydrogen) atoms. The number of benzene rings is 1. The van der Waals surface area contributed by atoms with E-state index in [1.807, 2.05) is 18.2 Å². The number of amides is 2. The number of aromatic nitrogens is 1. The third kappa shape index (κ3) is 4.93. The molecule has 0 aliphatic rings. The summed E-state index contributed by atoms with van der Waals surface area (Å²) in [6, 6.07) is 9.55. The van der Waals surface area contributed by atoms with Crippen LogP contribution in [0.2, 0.25) is 0 Å². The molecule has 0 saturated heterocycles. The summed E-state index contributed by atoms with van der Waals surface area (Å²) in [6.07, 6.45) is 5.19. The molecule has 0 spiro atoms. The van der Waals surface area contributed by atoms with Gasteiger partial charge in [0.05, 0.1) is 12.3 Å². The van der Waals surface area contributed by atoms with Gasteiger partial charge >= 0.3 is 6.03 Å². The second-order valence-electron chi connectivity index (χ2n) is 5.23. The van der Waals surface area contributed by atoms with Crippen LogP contribution in [0.3, 0.4) is 0 Å². The molecule has 0 aliphatic carbocycles. The Morgan fingerprint density at radius 3 is 2.59 bits per heavy atom. The smallest absolute Gasteiger partial charge is 0.323 e. The fourth-order valence-corrected chi connectivity index (χ4v) is 2.18. The average molecular weight is 301 g/mol. The maximum atomic E-state index is 11.9. The molecule has 0 fully saturated rings. The van der Waals surface area contributed by atoms with Crippen molar-refractivity contribution in [2.75, 3.05) is 17.7 Å². The summed E-state index contributed by atoms with van der Waals surface area (Å²) in [7, 11) is 1.63. The number of methoxy groups -OCH3 is 1. The van der Waals surface area contributed by atoms with Crippen molar-refractivity contribution in [3.05, 3.63) is 47.8 Å². The second-order valence-corrected chi connectivity index (χ2v) is 5.23. The van der Waals surface area contributed by atoms with Crippen molar-refractivity contribution in [3.63, 3.8) is 0 Å². The molecule has 118 valence electrons. The molecule has 0 unspecified atom stereocenters. The van der Waals surface area contributed by atoms with Gasteiger partial charge in [0.25, 0.3) is 0 Å². The van der Waals surface area contributed by atoms with Gasteiger partial charge in [0.2, 0.25) is 0 Å². The van der Waals surface area contributed by atoms with E-state index in [1.54, 1.807) is 13.3 Å². The van der Waals surface area contributed by atoms with Gasteiger partial charge in [0.1, 0.15) is 0 Å². The molecule has 0 aliphatic heterocycles. The Labute approximate surface area is 131 Å². The number of carbonyl (C=O) groups is 1. The minimum atomic E-state index is -0.260. The number of aryl methyl sites for hydroxylation is 1. The standard InChI is InChI=1S/C17H23N3O2/c1-3-4-5-13-6-8-14(9-7-13)19-17(21)20-15-10-16(12-22-2)18-11-15/h6-11,18H,3-5,12H2,1-2H3,(H2,19,20,21). The van der Waals surface area contributed by atoms with Gasteiger partial charge in [-0.2, -0.15) is 0 Å². The van der Waals surface area contributed by atoms with Crippen LogP contribution in [0.15, 0.2) is 36.5 Å². The molecular formula is C17H23N3O2. The van der Waals surface area contributed by atoms with E-state index in [0.717, 1.165) is 17.8 Å². The van der Waals surface area contributed by atoms with Crippen LogP contribution in [0.4, 0.5) is 16.2 Å². The van der Waals surface area contributed by atoms with Gasteiger partial charge in [-0.15, -0.1) is 0 Å². The number of hydrogen-bond acceptors (Lipinski definition) is 2. The lowest BCUT2D eigenvalue weighted by Gasteiger charge is -2.07. The normalized spacial score (nSPS) is 10.5. The number of nitrogens with one attached hydrogen (secondary N) is 3. The molecule has 1 aromatic carbocycles. The zero-order valence-corrected chi connectivity index (χ0v) is 13.1. The SMILES string of the molecule is CCCCc1ccc(NC(=O)Nc2c[nH]c(COC)c2)cc1. The monoisotopic (exact) mass is 301 g/mol. The van der Waals surface area contributed by atoms with Gasteiger partial charge in [-0.25, -0.2) is 4.79 Å². The summed E-state index contributed by atoms with van der Waals surface area (Å²) in [4.78, 5) is 15.0. The van der Waals surface area contributed by atoms with Gasteiger partial charge < -0.3 is 20.4 Å². The van der Waals surface area contributed by atoms with Crippen LogP contribution in [-0.4, -0.2) is 18.1 Å². The quantitative estimate of drug-likeness (QED) is 0.719. The van der Waals surface area contributed by atoms with Crippen molar-refractivity contribution >= 4 is 17.4 Å². The highest BCUT2D eigenvalue weighted by Gasteiger charge is 2.05. The largest absolute Gasteiger partial charge is 0.378 e. The van der Waals surface area contributed by atoms with Crippen LogP contribution in [0.25, 0.3) is 0 Å². The Bertz CT molecular complexity index is 590. The van der Waals surface area contributed by atoms with Gasteiger partial charge in [-0.3, -0.25) is 0 Å². The molecule has 2 aromatic rings. The Morgan fingerprint density at radius 1 is 1.18 bits per heavy atom. The molecule has 1 heterocycles. The molecule has 5 heteroatoms. The lowest BCUT2D eigenvalue weighted by Crippen LogP contribution is -2.19. The summed E-state index contributed by atoms with van der Waals surface area (Å²) < 4.78 is 5.02. The Morgan fingerprint density at radius 2 is 1.91 bits per heavy atom. The fraction of sp³-hybridized carbons (Fsp3) is 0.353. The van der Waals surface area contributed by atoms with Crippen molar-refractivity contribution in [2.24, 2.45) is 0 Å². The zero-order chi connectivity index (χ0) is 15.8. The first-order chi connectivity index (χ1) is 10.7. The Balaban J connectivity index is 1.85. The van der Waals surface area contributed by atoms with E-state index in [1.165, 1.54) is 18.4 Å². The molecule has 3 N–H and O–H groups in total. The fourth-order valence-electron chi connectivity index (χ4n) is 2.18. The molecule has 0 atom stereocenters. The number of rotatable bonds is 7. The van der Waals surface area contributed by atoms with E-state index in [9.17, 15) is 4.79 Å². The molecule has 2 amide bonds. The molecule has 0 bridgehead atoms. The first kappa shape index (κ1) is 16.1. The van der Waals surface area contributed by atoms with E-state index in [4.69, 9.17) is 4.74 Å². The molecular weight excluding hydrogens is 278 g/mol. The highest BCUT2D eigenvalue weighted by molar-refractivity contribution is 5.99. The lowest BCUT2D eigenvalue weighted by molar-refractivity contribution is 0.182. The Hall–Kier alpha value is -2.27. The van der Waals surface area contributed by atoms with Gasteiger partial charge in [0.15, 0.2) is 0 Å². The van der Waals surface area contributed by atoms with Crippen LogP contribution >= 0.6 is 0 Å². The number of anilines is 2. The van der Waals surface area contributed by atoms with Crippen LogP contribution in [0, 0.1) is 0 Å². The topological polar surface area (TPSA) is 66.2 Å². The lowest BCUT2D eigenvalue weighted by atomic mass is 10.1. The predicted octanol–water partition coefficient (Wildman–Crippen LogP) is 4.15. The number of ether oxygens (including phenoxy) is 1. The maximum Gasteiger partial charge on any atom is 0.323 e. The van der Waals surface area contributed by atoms with Crippen molar-refractivity contribution < 1.29 is 9.53 Å². The van der Waals surface area contributed by atoms with Crippen LogP contribution in [0.1, 0.15) is 31.0 Å². The van der Waals surface area contributed by atoms with Crippen molar-refractivity contribution in [1.29, 1.82) is 0 Å². The number of hydrogen-bond donors (Lipinski definition) is 3. The van der Waals surface area contributed by atoms with Crippen LogP contribution < -0.4 is 10.6 Å². The van der Waals surface area contributed by atoms with Crippen molar-refractivity contribution in [3.8, 4) is 0 Å². The summed E-state index contributed by atoms with van der Waals surface area (Å²) in [5.74, 6) is 0. The molecule has 5 nitrogen and oxygen atoms in total. The third-order valence-corrected chi connectivity index (χ3v) is 3.33. The van der Waals surface area contributed by atoms with Gasteiger partial charge in [0, 0.05) is 24.7 Å². The molecule has 2 rings (SSSR count). The van der Waals surface area contributed by atoms with Gasteiger partial charge in [-0.05, 0) is 36.6 Å². The highest BCUT2D eigenvalue weighted by atomic mass is 16.5. The Kier molecular flexibility index (Phi) is 6.03. The van der Waals surface area contributed by atoms with E-state index < -0.39 is 0 Å². The van der Waals surface area contributed by atoms with E-state index in [0.29, 0.717) is 12.3 Å². The summed E-state index contributed by atoms with van der Waals surface area (Å²) in [5.41, 5.74) is 3.70. The minimum Gasteiger partial charge on any atom is -0.378 e. The number of unbranched alkanes of at least 4 members (excludes halogenated alkanes) is 1. The minimum absolute atomic E-state index is 0.260. The highest BCUT2D eigenvalue weighted by Crippen LogP contribution is 2.14. The number of carbonyl (C=O) groups excluding carboxylic acids is 1. The van der Waals surface area contributed by atoms with Crippen molar-refractivity contribution in [1.82, 2.24) is 4.98 Å². The van der Waals surface area contributed by atoms with Gasteiger partial charge in [-0.1, -0.05) is 25.5 Å². The van der Waals surface area contributed by atoms with Crippen molar-refractivity contribution in [2.45, 2.75) is 32.8 Å². The number of aromatic amines is 1. The third-order valence-electron chi connectivity index (χ3n) is 3.33. The maximum absolute atomic E-state index is 11.9. The summed E-state index contributed by atoms with van der Waals surface area (Å²) in [6.45, 7) is 2.67. The van der Waals surface area contributed by atoms with E-state index >= 15 is 0 Å². The zero-order valence-electron chi connectivity index (χ0n) is 13.1. The molecule has 0 saturated carbocycles. The second kappa shape index (κ2) is 8.24. The van der Waals surface area contributed by atoms with Crippen LogP contribution in [0.5, 0.6) is 0 Å². The molecule has 0 radical (unpaired) electrons. The van der Waals surface area contributed by atoms with E-state index in [2.05, 4.69) is 34.7 Å². The average Bonchev–Trinajstić information content (AvgIpc) is 2.94. The van der Waals surface area contributed by atoms with E-state index in [-0.39, 0.29) is 6.03 Å². The van der Waals surface area contributed by atoms with Crippen LogP contribution in [-0.2, 0) is 17.8 Å².